The molecule has 1 aliphatic carbocycles. The van der Waals surface area contributed by atoms with Crippen LogP contribution in [0.4, 0.5) is 0 Å². The first-order chi connectivity index (χ1) is 9.29. The topological polar surface area (TPSA) is 29.1 Å². The van der Waals surface area contributed by atoms with E-state index in [1.807, 2.05) is 0 Å². The molecule has 1 aromatic rings. The van der Waals surface area contributed by atoms with E-state index in [0.29, 0.717) is 17.6 Å². The van der Waals surface area contributed by atoms with Gasteiger partial charge in [0.1, 0.15) is 0 Å². The molecule has 0 radical (unpaired) electrons. The van der Waals surface area contributed by atoms with Crippen LogP contribution in [0.2, 0.25) is 0 Å². The minimum absolute atomic E-state index is 0.317. The second-order valence-electron chi connectivity index (χ2n) is 5.62. The SMILES string of the molecule is CSc1ccc(C2CCNCC2)c(C(=O)C2CC2)c1. The van der Waals surface area contributed by atoms with E-state index >= 15 is 0 Å². The van der Waals surface area contributed by atoms with Gasteiger partial charge in [-0.05, 0) is 68.6 Å². The van der Waals surface area contributed by atoms with Crippen LogP contribution in [0, 0.1) is 5.92 Å². The van der Waals surface area contributed by atoms with Crippen LogP contribution < -0.4 is 5.32 Å². The van der Waals surface area contributed by atoms with Crippen LogP contribution in [-0.4, -0.2) is 25.1 Å². The zero-order chi connectivity index (χ0) is 13.2. The summed E-state index contributed by atoms with van der Waals surface area (Å²) < 4.78 is 0. The summed E-state index contributed by atoms with van der Waals surface area (Å²) in [6.07, 6.45) is 6.57. The molecule has 1 saturated carbocycles. The predicted octanol–water partition coefficient (Wildman–Crippen LogP) is 3.47. The van der Waals surface area contributed by atoms with Gasteiger partial charge in [0.25, 0.3) is 0 Å². The molecule has 3 rings (SSSR count). The lowest BCUT2D eigenvalue weighted by atomic mass is 9.85. The molecule has 0 unspecified atom stereocenters. The molecule has 1 saturated heterocycles. The molecule has 1 aliphatic heterocycles. The molecule has 102 valence electrons. The Morgan fingerprint density at radius 1 is 1.21 bits per heavy atom. The molecule has 0 bridgehead atoms. The second-order valence-corrected chi connectivity index (χ2v) is 6.50. The summed E-state index contributed by atoms with van der Waals surface area (Å²) in [5, 5.41) is 3.40. The molecule has 1 heterocycles. The standard InChI is InChI=1S/C16H21NOS/c1-19-13-4-5-14(11-6-8-17-9-7-11)15(10-13)16(18)12-2-3-12/h4-5,10-12,17H,2-3,6-9H2,1H3. The minimum Gasteiger partial charge on any atom is -0.317 e. The maximum atomic E-state index is 12.5. The first kappa shape index (κ1) is 13.2. The van der Waals surface area contributed by atoms with E-state index in [9.17, 15) is 4.79 Å². The summed E-state index contributed by atoms with van der Waals surface area (Å²) in [5.74, 6) is 1.27. The van der Waals surface area contributed by atoms with Crippen LogP contribution >= 0.6 is 11.8 Å². The number of thioether (sulfide) groups is 1. The van der Waals surface area contributed by atoms with Crippen LogP contribution in [0.15, 0.2) is 23.1 Å². The third kappa shape index (κ3) is 2.87. The molecule has 3 heteroatoms. The number of benzene rings is 1. The Kier molecular flexibility index (Phi) is 3.94. The number of carbonyl (C=O) groups excluding carboxylic acids is 1. The number of piperidine rings is 1. The fourth-order valence-corrected chi connectivity index (χ4v) is 3.37. The normalized spacial score (nSPS) is 20.5. The number of ketones is 1. The van der Waals surface area contributed by atoms with Gasteiger partial charge in [-0.1, -0.05) is 6.07 Å². The summed E-state index contributed by atoms with van der Waals surface area (Å²) in [5.41, 5.74) is 2.32. The van der Waals surface area contributed by atoms with Gasteiger partial charge in [-0.3, -0.25) is 4.79 Å². The molecule has 19 heavy (non-hydrogen) atoms. The van der Waals surface area contributed by atoms with Crippen LogP contribution in [0.3, 0.4) is 0 Å². The van der Waals surface area contributed by atoms with Gasteiger partial charge < -0.3 is 5.32 Å². The van der Waals surface area contributed by atoms with Gasteiger partial charge in [0.05, 0.1) is 0 Å². The highest BCUT2D eigenvalue weighted by Crippen LogP contribution is 2.37. The summed E-state index contributed by atoms with van der Waals surface area (Å²) in [4.78, 5) is 13.7. The lowest BCUT2D eigenvalue weighted by Crippen LogP contribution is -2.27. The van der Waals surface area contributed by atoms with Crippen molar-refractivity contribution in [2.24, 2.45) is 5.92 Å². The molecule has 0 aromatic heterocycles. The van der Waals surface area contributed by atoms with Crippen LogP contribution in [0.5, 0.6) is 0 Å². The van der Waals surface area contributed by atoms with Gasteiger partial charge in [-0.25, -0.2) is 0 Å². The van der Waals surface area contributed by atoms with Crippen molar-refractivity contribution in [2.45, 2.75) is 36.5 Å². The molecule has 2 fully saturated rings. The lowest BCUT2D eigenvalue weighted by Gasteiger charge is -2.25. The number of hydrogen-bond acceptors (Lipinski definition) is 3. The number of carbonyl (C=O) groups is 1. The van der Waals surface area contributed by atoms with E-state index in [0.717, 1.165) is 44.3 Å². The fraction of sp³-hybridized carbons (Fsp3) is 0.562. The summed E-state index contributed by atoms with van der Waals surface area (Å²) in [7, 11) is 0. The van der Waals surface area contributed by atoms with Gasteiger partial charge in [0, 0.05) is 16.4 Å². The largest absolute Gasteiger partial charge is 0.317 e. The molecule has 0 atom stereocenters. The van der Waals surface area contributed by atoms with Crippen molar-refractivity contribution in [1.82, 2.24) is 5.32 Å². The third-order valence-corrected chi connectivity index (χ3v) is 4.98. The molecule has 1 aromatic carbocycles. The van der Waals surface area contributed by atoms with Gasteiger partial charge >= 0.3 is 0 Å². The Balaban J connectivity index is 1.94. The molecule has 2 nitrogen and oxygen atoms in total. The molecular formula is C16H21NOS. The van der Waals surface area contributed by atoms with Gasteiger partial charge in [0.15, 0.2) is 5.78 Å². The van der Waals surface area contributed by atoms with Crippen molar-refractivity contribution in [3.8, 4) is 0 Å². The van der Waals surface area contributed by atoms with Crippen molar-refractivity contribution in [3.63, 3.8) is 0 Å². The van der Waals surface area contributed by atoms with Crippen LogP contribution in [-0.2, 0) is 0 Å². The van der Waals surface area contributed by atoms with Crippen LogP contribution in [0.1, 0.15) is 47.5 Å². The highest BCUT2D eigenvalue weighted by Gasteiger charge is 2.33. The Morgan fingerprint density at radius 2 is 1.95 bits per heavy atom. The average Bonchev–Trinajstić information content (AvgIpc) is 3.31. The summed E-state index contributed by atoms with van der Waals surface area (Å²) in [6, 6.07) is 6.51. The van der Waals surface area contributed by atoms with Gasteiger partial charge in [-0.15, -0.1) is 11.8 Å². The number of rotatable bonds is 4. The molecule has 2 aliphatic rings. The van der Waals surface area contributed by atoms with Crippen molar-refractivity contribution in [2.75, 3.05) is 19.3 Å². The average molecular weight is 275 g/mol. The monoisotopic (exact) mass is 275 g/mol. The van der Waals surface area contributed by atoms with E-state index in [-0.39, 0.29) is 0 Å². The quantitative estimate of drug-likeness (QED) is 0.674. The van der Waals surface area contributed by atoms with Gasteiger partial charge in [0.2, 0.25) is 0 Å². The Morgan fingerprint density at radius 3 is 2.58 bits per heavy atom. The molecule has 0 spiro atoms. The van der Waals surface area contributed by atoms with E-state index in [2.05, 4.69) is 29.8 Å². The van der Waals surface area contributed by atoms with E-state index in [1.54, 1.807) is 11.8 Å². The highest BCUT2D eigenvalue weighted by atomic mass is 32.2. The third-order valence-electron chi connectivity index (χ3n) is 4.25. The van der Waals surface area contributed by atoms with Crippen molar-refractivity contribution >= 4 is 17.5 Å². The van der Waals surface area contributed by atoms with Crippen molar-refractivity contribution < 1.29 is 4.79 Å². The zero-order valence-electron chi connectivity index (χ0n) is 11.4. The van der Waals surface area contributed by atoms with Gasteiger partial charge in [-0.2, -0.15) is 0 Å². The predicted molar refractivity (Wildman–Crippen MR) is 80.1 cm³/mol. The zero-order valence-corrected chi connectivity index (χ0v) is 12.3. The number of hydrogen-bond donors (Lipinski definition) is 1. The van der Waals surface area contributed by atoms with E-state index < -0.39 is 0 Å². The number of nitrogens with one attached hydrogen (secondary N) is 1. The first-order valence-electron chi connectivity index (χ1n) is 7.22. The minimum atomic E-state index is 0.317. The van der Waals surface area contributed by atoms with Crippen LogP contribution in [0.25, 0.3) is 0 Å². The first-order valence-corrected chi connectivity index (χ1v) is 8.45. The Bertz CT molecular complexity index is 476. The lowest BCUT2D eigenvalue weighted by molar-refractivity contribution is 0.0965. The Labute approximate surface area is 119 Å². The van der Waals surface area contributed by atoms with Crippen molar-refractivity contribution in [1.29, 1.82) is 0 Å². The summed E-state index contributed by atoms with van der Waals surface area (Å²) >= 11 is 1.72. The maximum Gasteiger partial charge on any atom is 0.166 e. The molecule has 0 amide bonds. The molecule has 1 N–H and O–H groups in total. The van der Waals surface area contributed by atoms with Crippen molar-refractivity contribution in [3.05, 3.63) is 29.3 Å². The van der Waals surface area contributed by atoms with E-state index in [1.165, 1.54) is 10.5 Å². The fourth-order valence-electron chi connectivity index (χ4n) is 2.93. The second kappa shape index (κ2) is 5.68. The maximum absolute atomic E-state index is 12.5. The molecular weight excluding hydrogens is 254 g/mol. The van der Waals surface area contributed by atoms with E-state index in [4.69, 9.17) is 0 Å². The smallest absolute Gasteiger partial charge is 0.166 e. The Hall–Kier alpha value is -0.800. The highest BCUT2D eigenvalue weighted by molar-refractivity contribution is 7.98. The number of Topliss-reactive ketones (excluding diaryl/α,β-unsaturated/α-hetero) is 1. The summed E-state index contributed by atoms with van der Waals surface area (Å²) in [6.45, 7) is 2.15.